The summed E-state index contributed by atoms with van der Waals surface area (Å²) < 4.78 is 1.91. The highest BCUT2D eigenvalue weighted by Crippen LogP contribution is 2.34. The molecule has 2 fully saturated rings. The summed E-state index contributed by atoms with van der Waals surface area (Å²) in [6.07, 6.45) is 8.17. The van der Waals surface area contributed by atoms with E-state index in [1.807, 2.05) is 4.68 Å². The van der Waals surface area contributed by atoms with Crippen molar-refractivity contribution in [3.05, 3.63) is 5.56 Å². The summed E-state index contributed by atoms with van der Waals surface area (Å²) >= 11 is 0. The molecular weight excluding hydrogens is 264 g/mol. The lowest BCUT2D eigenvalue weighted by Gasteiger charge is -2.17. The van der Waals surface area contributed by atoms with Gasteiger partial charge in [-0.3, -0.25) is 0 Å². The van der Waals surface area contributed by atoms with Crippen LogP contribution >= 0.6 is 0 Å². The maximum absolute atomic E-state index is 9.45. The third kappa shape index (κ3) is 2.70. The number of nitriles is 1. The van der Waals surface area contributed by atoms with Gasteiger partial charge in [0.05, 0.1) is 6.04 Å². The summed E-state index contributed by atoms with van der Waals surface area (Å²) in [6.45, 7) is 1.62. The van der Waals surface area contributed by atoms with Crippen LogP contribution in [0.5, 0.6) is 0 Å². The molecule has 1 aliphatic carbocycles. The minimum absolute atomic E-state index is 0.167. The zero-order valence-corrected chi connectivity index (χ0v) is 12.5. The lowest BCUT2D eigenvalue weighted by molar-refractivity contribution is 0.411. The van der Waals surface area contributed by atoms with Crippen LogP contribution in [0.3, 0.4) is 0 Å². The number of nitrogens with zero attached hydrogens (tertiary/aromatic N) is 4. The first-order chi connectivity index (χ1) is 10.2. The predicted octanol–water partition coefficient (Wildman–Crippen LogP) is 1.77. The number of nitrogens with two attached hydrogens (primary N) is 2. The van der Waals surface area contributed by atoms with Crippen LogP contribution in [0.15, 0.2) is 0 Å². The molecule has 4 N–H and O–H groups in total. The highest BCUT2D eigenvalue weighted by Gasteiger charge is 2.28. The zero-order valence-electron chi connectivity index (χ0n) is 12.5. The lowest BCUT2D eigenvalue weighted by Crippen LogP contribution is -2.27. The van der Waals surface area contributed by atoms with Gasteiger partial charge in [0.2, 0.25) is 0 Å². The van der Waals surface area contributed by atoms with Crippen molar-refractivity contribution in [2.75, 3.05) is 23.7 Å². The molecule has 1 saturated carbocycles. The largest absolute Gasteiger partial charge is 0.383 e. The fourth-order valence-electron chi connectivity index (χ4n) is 3.52. The van der Waals surface area contributed by atoms with Crippen LogP contribution in [0.4, 0.5) is 11.6 Å². The normalized spacial score (nSPS) is 24.0. The van der Waals surface area contributed by atoms with Gasteiger partial charge >= 0.3 is 0 Å². The first kappa shape index (κ1) is 14.2. The van der Waals surface area contributed by atoms with E-state index in [9.17, 15) is 5.26 Å². The van der Waals surface area contributed by atoms with Gasteiger partial charge in [0.15, 0.2) is 5.82 Å². The predicted molar refractivity (Wildman–Crippen MR) is 82.9 cm³/mol. The first-order valence-corrected chi connectivity index (χ1v) is 7.99. The van der Waals surface area contributed by atoms with Gasteiger partial charge in [0, 0.05) is 19.1 Å². The number of rotatable bonds is 2. The molecule has 1 aliphatic heterocycles. The fourth-order valence-corrected chi connectivity index (χ4v) is 3.52. The van der Waals surface area contributed by atoms with Crippen LogP contribution in [0.2, 0.25) is 0 Å². The van der Waals surface area contributed by atoms with E-state index in [-0.39, 0.29) is 6.04 Å². The van der Waals surface area contributed by atoms with Crippen molar-refractivity contribution < 1.29 is 0 Å². The lowest BCUT2D eigenvalue weighted by atomic mass is 10.1. The van der Waals surface area contributed by atoms with Crippen molar-refractivity contribution in [3.63, 3.8) is 0 Å². The summed E-state index contributed by atoms with van der Waals surface area (Å²) in [5.74, 6) is 1.26. The van der Waals surface area contributed by atoms with Crippen LogP contribution in [0, 0.1) is 11.3 Å². The Labute approximate surface area is 125 Å². The van der Waals surface area contributed by atoms with Crippen molar-refractivity contribution in [2.45, 2.75) is 57.0 Å². The van der Waals surface area contributed by atoms with Crippen LogP contribution < -0.4 is 16.4 Å². The van der Waals surface area contributed by atoms with E-state index in [1.165, 1.54) is 25.7 Å². The average Bonchev–Trinajstić information content (AvgIpc) is 2.92. The highest BCUT2D eigenvalue weighted by atomic mass is 15.4. The Balaban J connectivity index is 1.91. The van der Waals surface area contributed by atoms with Crippen molar-refractivity contribution in [1.82, 2.24) is 9.78 Å². The van der Waals surface area contributed by atoms with E-state index < -0.39 is 0 Å². The van der Waals surface area contributed by atoms with Crippen molar-refractivity contribution in [2.24, 2.45) is 5.73 Å². The molecule has 0 amide bonds. The molecule has 3 rings (SSSR count). The molecule has 0 aromatic carbocycles. The number of aromatic nitrogens is 2. The molecule has 6 nitrogen and oxygen atoms in total. The number of hydrogen-bond donors (Lipinski definition) is 2. The minimum Gasteiger partial charge on any atom is -0.383 e. The van der Waals surface area contributed by atoms with Gasteiger partial charge in [-0.1, -0.05) is 25.7 Å². The molecule has 1 atom stereocenters. The van der Waals surface area contributed by atoms with Crippen molar-refractivity contribution in [3.8, 4) is 6.07 Å². The van der Waals surface area contributed by atoms with Gasteiger partial charge in [-0.15, -0.1) is 0 Å². The Kier molecular flexibility index (Phi) is 4.02. The Morgan fingerprint density at radius 2 is 1.86 bits per heavy atom. The minimum atomic E-state index is 0.167. The maximum atomic E-state index is 9.45. The van der Waals surface area contributed by atoms with Crippen molar-refractivity contribution >= 4 is 11.6 Å². The third-order valence-electron chi connectivity index (χ3n) is 4.74. The maximum Gasteiger partial charge on any atom is 0.170 e. The zero-order chi connectivity index (χ0) is 14.8. The third-order valence-corrected chi connectivity index (χ3v) is 4.74. The Hall–Kier alpha value is -1.74. The number of nitrogen functional groups attached to an aromatic ring is 1. The number of hydrogen-bond acceptors (Lipinski definition) is 5. The standard InChI is InChI=1S/C15H24N6/c16-9-13-14(18)21(12-5-3-1-2-4-6-12)19-15(13)20-8-7-11(17)10-20/h11-12H,1-8,10,17-18H2. The van der Waals surface area contributed by atoms with Gasteiger partial charge in [-0.2, -0.15) is 10.4 Å². The smallest absolute Gasteiger partial charge is 0.170 e. The fraction of sp³-hybridized carbons (Fsp3) is 0.733. The molecule has 2 heterocycles. The highest BCUT2D eigenvalue weighted by molar-refractivity contribution is 5.65. The van der Waals surface area contributed by atoms with Crippen LogP contribution in [0.25, 0.3) is 0 Å². The topological polar surface area (TPSA) is 96.9 Å². The second-order valence-electron chi connectivity index (χ2n) is 6.28. The summed E-state index contributed by atoms with van der Waals surface area (Å²) in [6, 6.07) is 2.74. The van der Waals surface area contributed by atoms with Crippen LogP contribution in [-0.2, 0) is 0 Å². The molecule has 1 unspecified atom stereocenters. The first-order valence-electron chi connectivity index (χ1n) is 7.99. The molecule has 21 heavy (non-hydrogen) atoms. The quantitative estimate of drug-likeness (QED) is 0.808. The van der Waals surface area contributed by atoms with Gasteiger partial charge < -0.3 is 16.4 Å². The van der Waals surface area contributed by atoms with E-state index in [1.54, 1.807) is 0 Å². The van der Waals surface area contributed by atoms with E-state index in [4.69, 9.17) is 16.6 Å². The SMILES string of the molecule is N#Cc1c(N2CCC(N)C2)nn(C2CCCCCC2)c1N. The van der Waals surface area contributed by atoms with E-state index in [0.717, 1.165) is 38.2 Å². The molecule has 1 aromatic heterocycles. The van der Waals surface area contributed by atoms with Gasteiger partial charge in [-0.25, -0.2) is 4.68 Å². The molecule has 1 saturated heterocycles. The van der Waals surface area contributed by atoms with Crippen molar-refractivity contribution in [1.29, 1.82) is 5.26 Å². The molecule has 1 aromatic rings. The Morgan fingerprint density at radius 3 is 2.43 bits per heavy atom. The second-order valence-corrected chi connectivity index (χ2v) is 6.28. The van der Waals surface area contributed by atoms with Crippen LogP contribution in [0.1, 0.15) is 56.6 Å². The molecule has 6 heteroatoms. The molecular formula is C15H24N6. The van der Waals surface area contributed by atoms with E-state index >= 15 is 0 Å². The monoisotopic (exact) mass is 288 g/mol. The van der Waals surface area contributed by atoms with E-state index in [0.29, 0.717) is 17.4 Å². The molecule has 0 spiro atoms. The summed E-state index contributed by atoms with van der Waals surface area (Å²) in [5.41, 5.74) is 12.7. The van der Waals surface area contributed by atoms with E-state index in [2.05, 4.69) is 11.0 Å². The second kappa shape index (κ2) is 5.94. The van der Waals surface area contributed by atoms with Gasteiger partial charge in [0.1, 0.15) is 17.5 Å². The molecule has 2 aliphatic rings. The van der Waals surface area contributed by atoms with Gasteiger partial charge in [0.25, 0.3) is 0 Å². The summed E-state index contributed by atoms with van der Waals surface area (Å²) in [4.78, 5) is 2.10. The van der Waals surface area contributed by atoms with Gasteiger partial charge in [-0.05, 0) is 19.3 Å². The summed E-state index contributed by atoms with van der Waals surface area (Å²) in [7, 11) is 0. The Morgan fingerprint density at radius 1 is 1.14 bits per heavy atom. The summed E-state index contributed by atoms with van der Waals surface area (Å²) in [5, 5.41) is 14.2. The Bertz CT molecular complexity index is 535. The molecule has 0 radical (unpaired) electrons. The number of anilines is 2. The average molecular weight is 288 g/mol. The molecule has 0 bridgehead atoms. The van der Waals surface area contributed by atoms with Crippen LogP contribution in [-0.4, -0.2) is 28.9 Å². The molecule has 114 valence electrons.